The van der Waals surface area contributed by atoms with Crippen molar-refractivity contribution in [2.24, 2.45) is 0 Å². The van der Waals surface area contributed by atoms with Crippen molar-refractivity contribution in [1.82, 2.24) is 4.90 Å². The number of nitrogens with one attached hydrogen (secondary N) is 1. The van der Waals surface area contributed by atoms with Crippen LogP contribution >= 0.6 is 22.9 Å². The Hall–Kier alpha value is -2.74. The molecule has 1 aliphatic rings. The van der Waals surface area contributed by atoms with Gasteiger partial charge in [-0.2, -0.15) is 0 Å². The number of carbonyl (C=O) groups excluding carboxylic acids is 1. The summed E-state index contributed by atoms with van der Waals surface area (Å²) in [6.45, 7) is 2.88. The zero-order valence-corrected chi connectivity index (χ0v) is 20.7. The molecule has 0 fully saturated rings. The molecule has 0 radical (unpaired) electrons. The third-order valence-electron chi connectivity index (χ3n) is 5.89. The highest BCUT2D eigenvalue weighted by molar-refractivity contribution is 7.10. The molecule has 0 bridgehead atoms. The second-order valence-corrected chi connectivity index (χ2v) is 9.28. The molecule has 2 aromatic carbocycles. The van der Waals surface area contributed by atoms with Crippen LogP contribution in [0.25, 0.3) is 0 Å². The van der Waals surface area contributed by atoms with E-state index in [1.54, 1.807) is 38.7 Å². The minimum atomic E-state index is -0.111. The lowest BCUT2D eigenvalue weighted by Gasteiger charge is -2.37. The molecule has 1 amide bonds. The first-order valence-electron chi connectivity index (χ1n) is 10.6. The lowest BCUT2D eigenvalue weighted by Crippen LogP contribution is -2.41. The zero-order valence-electron chi connectivity index (χ0n) is 19.1. The average Bonchev–Trinajstić information content (AvgIpc) is 3.34. The van der Waals surface area contributed by atoms with E-state index in [0.717, 1.165) is 29.8 Å². The minimum Gasteiger partial charge on any atom is -0.495 e. The van der Waals surface area contributed by atoms with Crippen LogP contribution in [0.5, 0.6) is 17.2 Å². The van der Waals surface area contributed by atoms with Crippen LogP contribution in [-0.4, -0.2) is 45.2 Å². The molecule has 3 aromatic rings. The fourth-order valence-electron chi connectivity index (χ4n) is 4.25. The standard InChI is InChI=1S/C25H27ClN2O4S/c1-15-10-19(20(30-2)13-18(15)26)27-24(29)14-28-8-7-16-11-21(31-3)22(32-4)12-17(16)25(28)23-6-5-9-33-23/h5-6,9-13,25H,7-8,14H2,1-4H3,(H,27,29). The highest BCUT2D eigenvalue weighted by Crippen LogP contribution is 2.42. The Kier molecular flexibility index (Phi) is 7.12. The number of halogens is 1. The summed E-state index contributed by atoms with van der Waals surface area (Å²) in [5, 5.41) is 5.66. The molecule has 8 heteroatoms. The smallest absolute Gasteiger partial charge is 0.238 e. The van der Waals surface area contributed by atoms with E-state index in [-0.39, 0.29) is 18.5 Å². The van der Waals surface area contributed by atoms with E-state index >= 15 is 0 Å². The number of carbonyl (C=O) groups is 1. The number of benzene rings is 2. The summed E-state index contributed by atoms with van der Waals surface area (Å²) in [6, 6.07) is 11.7. The van der Waals surface area contributed by atoms with Gasteiger partial charge in [0.15, 0.2) is 11.5 Å². The van der Waals surface area contributed by atoms with Gasteiger partial charge < -0.3 is 19.5 Å². The Morgan fingerprint density at radius 2 is 1.85 bits per heavy atom. The third-order valence-corrected chi connectivity index (χ3v) is 7.22. The number of ether oxygens (including phenoxy) is 3. The first kappa shape index (κ1) is 23.4. The number of hydrogen-bond acceptors (Lipinski definition) is 6. The molecule has 1 atom stereocenters. The van der Waals surface area contributed by atoms with Crippen LogP contribution in [0.1, 0.15) is 27.6 Å². The number of hydrogen-bond donors (Lipinski definition) is 1. The van der Waals surface area contributed by atoms with Gasteiger partial charge in [-0.25, -0.2) is 0 Å². The lowest BCUT2D eigenvalue weighted by atomic mass is 9.91. The van der Waals surface area contributed by atoms with Gasteiger partial charge in [-0.05, 0) is 59.7 Å². The van der Waals surface area contributed by atoms with Crippen LogP contribution in [0.2, 0.25) is 5.02 Å². The molecule has 1 N–H and O–H groups in total. The van der Waals surface area contributed by atoms with Gasteiger partial charge in [0, 0.05) is 22.5 Å². The van der Waals surface area contributed by atoms with Crippen molar-refractivity contribution >= 4 is 34.5 Å². The molecule has 2 heterocycles. The fourth-order valence-corrected chi connectivity index (χ4v) is 5.28. The lowest BCUT2D eigenvalue weighted by molar-refractivity contribution is -0.117. The zero-order chi connectivity index (χ0) is 23.5. The van der Waals surface area contributed by atoms with Crippen LogP contribution in [0.4, 0.5) is 5.69 Å². The van der Waals surface area contributed by atoms with E-state index < -0.39 is 0 Å². The highest BCUT2D eigenvalue weighted by Gasteiger charge is 2.32. The molecule has 1 aliphatic heterocycles. The van der Waals surface area contributed by atoms with Crippen molar-refractivity contribution in [3.05, 3.63) is 68.4 Å². The van der Waals surface area contributed by atoms with E-state index in [1.807, 2.05) is 31.2 Å². The van der Waals surface area contributed by atoms with Gasteiger partial charge in [0.25, 0.3) is 0 Å². The number of fused-ring (bicyclic) bond motifs is 1. The minimum absolute atomic E-state index is 0.0480. The van der Waals surface area contributed by atoms with Crippen molar-refractivity contribution in [2.75, 3.05) is 39.7 Å². The van der Waals surface area contributed by atoms with Gasteiger partial charge in [-0.3, -0.25) is 9.69 Å². The van der Waals surface area contributed by atoms with E-state index in [9.17, 15) is 4.79 Å². The molecule has 0 saturated carbocycles. The van der Waals surface area contributed by atoms with Crippen molar-refractivity contribution in [3.8, 4) is 17.2 Å². The summed E-state index contributed by atoms with van der Waals surface area (Å²) in [4.78, 5) is 16.5. The molecule has 6 nitrogen and oxygen atoms in total. The molecule has 0 aliphatic carbocycles. The Morgan fingerprint density at radius 1 is 1.12 bits per heavy atom. The predicted octanol–water partition coefficient (Wildman–Crippen LogP) is 5.32. The number of nitrogens with zero attached hydrogens (tertiary/aromatic N) is 1. The largest absolute Gasteiger partial charge is 0.495 e. The normalized spacial score (nSPS) is 15.6. The van der Waals surface area contributed by atoms with Crippen LogP contribution in [0.15, 0.2) is 41.8 Å². The van der Waals surface area contributed by atoms with Gasteiger partial charge in [0.05, 0.1) is 39.6 Å². The van der Waals surface area contributed by atoms with Gasteiger partial charge in [-0.15, -0.1) is 11.3 Å². The van der Waals surface area contributed by atoms with Crippen molar-refractivity contribution in [1.29, 1.82) is 0 Å². The number of rotatable bonds is 7. The van der Waals surface area contributed by atoms with Crippen molar-refractivity contribution < 1.29 is 19.0 Å². The van der Waals surface area contributed by atoms with E-state index in [1.165, 1.54) is 10.4 Å². The Labute approximate surface area is 203 Å². The Morgan fingerprint density at radius 3 is 2.52 bits per heavy atom. The number of methoxy groups -OCH3 is 3. The SMILES string of the molecule is COc1cc(Cl)c(C)cc1NC(=O)CN1CCc2cc(OC)c(OC)cc2C1c1cccs1. The molecule has 0 spiro atoms. The molecule has 174 valence electrons. The summed E-state index contributed by atoms with van der Waals surface area (Å²) >= 11 is 7.89. The van der Waals surface area contributed by atoms with Crippen LogP contribution < -0.4 is 19.5 Å². The quantitative estimate of drug-likeness (QED) is 0.489. The van der Waals surface area contributed by atoms with Crippen LogP contribution in [0.3, 0.4) is 0 Å². The maximum absolute atomic E-state index is 13.1. The Balaban J connectivity index is 1.63. The first-order chi connectivity index (χ1) is 15.9. The summed E-state index contributed by atoms with van der Waals surface area (Å²) in [6.07, 6.45) is 0.814. The number of anilines is 1. The van der Waals surface area contributed by atoms with E-state index in [2.05, 4.69) is 21.7 Å². The van der Waals surface area contributed by atoms with Crippen molar-refractivity contribution in [2.45, 2.75) is 19.4 Å². The first-order valence-corrected chi connectivity index (χ1v) is 11.9. The van der Waals surface area contributed by atoms with Gasteiger partial charge in [-0.1, -0.05) is 17.7 Å². The molecular weight excluding hydrogens is 460 g/mol. The highest BCUT2D eigenvalue weighted by atomic mass is 35.5. The van der Waals surface area contributed by atoms with E-state index in [4.69, 9.17) is 25.8 Å². The number of aryl methyl sites for hydroxylation is 1. The second-order valence-electron chi connectivity index (χ2n) is 7.89. The third kappa shape index (κ3) is 4.81. The van der Waals surface area contributed by atoms with E-state index in [0.29, 0.717) is 22.2 Å². The van der Waals surface area contributed by atoms with Crippen LogP contribution in [-0.2, 0) is 11.2 Å². The molecule has 1 aromatic heterocycles. The molecule has 1 unspecified atom stereocenters. The summed E-state index contributed by atoms with van der Waals surface area (Å²) in [7, 11) is 4.85. The number of amides is 1. The topological polar surface area (TPSA) is 60.0 Å². The van der Waals surface area contributed by atoms with Gasteiger partial charge in [0.2, 0.25) is 5.91 Å². The Bertz CT molecular complexity index is 1150. The number of thiophene rings is 1. The fraction of sp³-hybridized carbons (Fsp3) is 0.320. The maximum Gasteiger partial charge on any atom is 0.238 e. The monoisotopic (exact) mass is 486 g/mol. The summed E-state index contributed by atoms with van der Waals surface area (Å²) in [5.74, 6) is 1.83. The van der Waals surface area contributed by atoms with Crippen LogP contribution in [0, 0.1) is 6.92 Å². The predicted molar refractivity (Wildman–Crippen MR) is 132 cm³/mol. The van der Waals surface area contributed by atoms with Gasteiger partial charge >= 0.3 is 0 Å². The second kappa shape index (κ2) is 10.0. The average molecular weight is 487 g/mol. The van der Waals surface area contributed by atoms with Gasteiger partial charge in [0.1, 0.15) is 5.75 Å². The molecule has 33 heavy (non-hydrogen) atoms. The molecule has 0 saturated heterocycles. The molecule has 4 rings (SSSR count). The molecular formula is C25H27ClN2O4S. The maximum atomic E-state index is 13.1. The summed E-state index contributed by atoms with van der Waals surface area (Å²) in [5.41, 5.74) is 3.82. The van der Waals surface area contributed by atoms with Crippen molar-refractivity contribution in [3.63, 3.8) is 0 Å². The summed E-state index contributed by atoms with van der Waals surface area (Å²) < 4.78 is 16.5.